The van der Waals surface area contributed by atoms with Crippen LogP contribution < -0.4 is 16.0 Å². The van der Waals surface area contributed by atoms with Crippen LogP contribution in [0.5, 0.6) is 0 Å². The molecule has 1 amide bonds. The van der Waals surface area contributed by atoms with Gasteiger partial charge in [-0.15, -0.1) is 35.3 Å². The Morgan fingerprint density at radius 1 is 1.27 bits per heavy atom. The van der Waals surface area contributed by atoms with Gasteiger partial charge in [0.25, 0.3) is 0 Å². The Bertz CT molecular complexity index is 720. The Morgan fingerprint density at radius 3 is 2.62 bits per heavy atom. The second-order valence-corrected chi connectivity index (χ2v) is 7.35. The first kappa shape index (κ1) is 22.8. The number of aromatic nitrogens is 1. The summed E-state index contributed by atoms with van der Waals surface area (Å²) >= 11 is 5.06. The molecule has 0 aliphatic rings. The number of rotatable bonds is 7. The summed E-state index contributed by atoms with van der Waals surface area (Å²) in [4.78, 5) is 21.7. The lowest BCUT2D eigenvalue weighted by Crippen LogP contribution is -2.38. The second-order valence-electron chi connectivity index (χ2n) is 5.23. The number of anilines is 1. The van der Waals surface area contributed by atoms with Crippen molar-refractivity contribution in [3.05, 3.63) is 44.8 Å². The molecule has 1 heterocycles. The van der Waals surface area contributed by atoms with E-state index in [9.17, 15) is 4.79 Å². The molecule has 0 saturated carbocycles. The van der Waals surface area contributed by atoms with E-state index in [0.29, 0.717) is 25.5 Å². The number of aryl methyl sites for hydroxylation is 1. The van der Waals surface area contributed by atoms with E-state index in [-0.39, 0.29) is 29.9 Å². The Hall–Kier alpha value is -1.20. The third kappa shape index (κ3) is 8.00. The lowest BCUT2D eigenvalue weighted by molar-refractivity contribution is -0.116. The Morgan fingerprint density at radius 2 is 2.00 bits per heavy atom. The van der Waals surface area contributed by atoms with Gasteiger partial charge in [0.2, 0.25) is 5.91 Å². The molecule has 0 atom stereocenters. The van der Waals surface area contributed by atoms with Crippen LogP contribution in [0.4, 0.5) is 5.69 Å². The van der Waals surface area contributed by atoms with Crippen molar-refractivity contribution in [3.8, 4) is 0 Å². The smallest absolute Gasteiger partial charge is 0.226 e. The second kappa shape index (κ2) is 12.2. The van der Waals surface area contributed by atoms with Crippen molar-refractivity contribution in [1.82, 2.24) is 15.6 Å². The van der Waals surface area contributed by atoms with E-state index in [1.807, 2.05) is 30.5 Å². The zero-order chi connectivity index (χ0) is 18.1. The van der Waals surface area contributed by atoms with Crippen molar-refractivity contribution in [3.63, 3.8) is 0 Å². The maximum Gasteiger partial charge on any atom is 0.226 e. The highest BCUT2D eigenvalue weighted by molar-refractivity contribution is 14.0. The van der Waals surface area contributed by atoms with Gasteiger partial charge in [0.05, 0.1) is 6.54 Å². The van der Waals surface area contributed by atoms with Crippen LogP contribution in [-0.2, 0) is 17.8 Å². The molecule has 2 rings (SSSR count). The van der Waals surface area contributed by atoms with Gasteiger partial charge in [0.15, 0.2) is 5.96 Å². The standard InChI is InChI=1S/C17H22BrN5OS.HI/c1-3-14-10-21-16(25-14)11-22-17(19-2)20-9-8-15(24)23-13-6-4-12(18)5-7-13;/h4-7,10H,3,8-9,11H2,1-2H3,(H,23,24)(H2,19,20,22);1H. The summed E-state index contributed by atoms with van der Waals surface area (Å²) in [6.45, 7) is 3.24. The van der Waals surface area contributed by atoms with Crippen LogP contribution in [-0.4, -0.2) is 30.4 Å². The van der Waals surface area contributed by atoms with E-state index in [2.05, 4.69) is 48.8 Å². The molecule has 2 aromatic rings. The summed E-state index contributed by atoms with van der Waals surface area (Å²) in [5.41, 5.74) is 0.784. The van der Waals surface area contributed by atoms with Gasteiger partial charge in [0.1, 0.15) is 5.01 Å². The summed E-state index contributed by atoms with van der Waals surface area (Å²) < 4.78 is 0.980. The fraction of sp³-hybridized carbons (Fsp3) is 0.353. The topological polar surface area (TPSA) is 78.4 Å². The maximum atomic E-state index is 12.0. The highest BCUT2D eigenvalue weighted by atomic mass is 127. The van der Waals surface area contributed by atoms with Gasteiger partial charge in [-0.2, -0.15) is 0 Å². The van der Waals surface area contributed by atoms with Crippen LogP contribution >= 0.6 is 51.2 Å². The molecule has 0 aliphatic carbocycles. The number of nitrogens with one attached hydrogen (secondary N) is 3. The minimum Gasteiger partial charge on any atom is -0.356 e. The van der Waals surface area contributed by atoms with Crippen molar-refractivity contribution in [2.45, 2.75) is 26.3 Å². The number of aliphatic imine (C=N–C) groups is 1. The number of nitrogens with zero attached hydrogens (tertiary/aromatic N) is 2. The number of halogens is 2. The number of carbonyl (C=O) groups is 1. The van der Waals surface area contributed by atoms with Gasteiger partial charge in [-0.25, -0.2) is 4.98 Å². The van der Waals surface area contributed by atoms with Crippen molar-refractivity contribution < 1.29 is 4.79 Å². The van der Waals surface area contributed by atoms with Crippen molar-refractivity contribution in [1.29, 1.82) is 0 Å². The van der Waals surface area contributed by atoms with Crippen LogP contribution in [0.15, 0.2) is 39.9 Å². The number of thiazole rings is 1. The highest BCUT2D eigenvalue weighted by Crippen LogP contribution is 2.14. The van der Waals surface area contributed by atoms with Crippen LogP contribution in [0.3, 0.4) is 0 Å². The Labute approximate surface area is 183 Å². The van der Waals surface area contributed by atoms with Gasteiger partial charge in [-0.05, 0) is 30.7 Å². The molecule has 0 radical (unpaired) electrons. The quantitative estimate of drug-likeness (QED) is 0.278. The zero-order valence-electron chi connectivity index (χ0n) is 14.7. The van der Waals surface area contributed by atoms with Crippen molar-refractivity contribution in [2.75, 3.05) is 18.9 Å². The first-order valence-corrected chi connectivity index (χ1v) is 9.65. The molecular weight excluding hydrogens is 529 g/mol. The Balaban J connectivity index is 0.00000338. The number of benzene rings is 1. The van der Waals surface area contributed by atoms with E-state index in [1.165, 1.54) is 4.88 Å². The number of guanidine groups is 1. The zero-order valence-corrected chi connectivity index (χ0v) is 19.4. The first-order valence-electron chi connectivity index (χ1n) is 8.04. The molecule has 142 valence electrons. The number of amides is 1. The van der Waals surface area contributed by atoms with Gasteiger partial charge >= 0.3 is 0 Å². The van der Waals surface area contributed by atoms with Crippen LogP contribution in [0, 0.1) is 0 Å². The Kier molecular flexibility index (Phi) is 10.7. The molecule has 0 saturated heterocycles. The van der Waals surface area contributed by atoms with Gasteiger partial charge in [0, 0.05) is 41.2 Å². The number of carbonyl (C=O) groups excluding carboxylic acids is 1. The molecule has 26 heavy (non-hydrogen) atoms. The van der Waals surface area contributed by atoms with Crippen LogP contribution in [0.25, 0.3) is 0 Å². The summed E-state index contributed by atoms with van der Waals surface area (Å²) in [6, 6.07) is 7.49. The molecule has 3 N–H and O–H groups in total. The van der Waals surface area contributed by atoms with E-state index < -0.39 is 0 Å². The summed E-state index contributed by atoms with van der Waals surface area (Å²) in [5, 5.41) is 10.2. The molecule has 0 fully saturated rings. The SMILES string of the molecule is CCc1cnc(CNC(=NC)NCCC(=O)Nc2ccc(Br)cc2)s1.I. The fourth-order valence-electron chi connectivity index (χ4n) is 2.02. The minimum absolute atomic E-state index is 0. The average Bonchev–Trinajstić information content (AvgIpc) is 3.08. The van der Waals surface area contributed by atoms with Crippen molar-refractivity contribution >= 4 is 68.8 Å². The number of hydrogen-bond donors (Lipinski definition) is 3. The van der Waals surface area contributed by atoms with Gasteiger partial charge in [-0.1, -0.05) is 22.9 Å². The van der Waals surface area contributed by atoms with Gasteiger partial charge in [-0.3, -0.25) is 9.79 Å². The third-order valence-corrected chi connectivity index (χ3v) is 5.02. The predicted molar refractivity (Wildman–Crippen MR) is 122 cm³/mol. The lowest BCUT2D eigenvalue weighted by Gasteiger charge is -2.11. The molecular formula is C17H23BrIN5OS. The molecule has 0 aliphatic heterocycles. The molecule has 6 nitrogen and oxygen atoms in total. The van der Waals surface area contributed by atoms with Crippen molar-refractivity contribution in [2.24, 2.45) is 4.99 Å². The van der Waals surface area contributed by atoms with E-state index in [1.54, 1.807) is 18.4 Å². The minimum atomic E-state index is -0.0437. The molecule has 1 aromatic heterocycles. The van der Waals surface area contributed by atoms with E-state index >= 15 is 0 Å². The normalized spacial score (nSPS) is 10.8. The lowest BCUT2D eigenvalue weighted by atomic mass is 10.3. The molecule has 0 spiro atoms. The first-order chi connectivity index (χ1) is 12.1. The highest BCUT2D eigenvalue weighted by Gasteiger charge is 2.05. The summed E-state index contributed by atoms with van der Waals surface area (Å²) in [5.74, 6) is 0.613. The van der Waals surface area contributed by atoms with Crippen LogP contribution in [0.1, 0.15) is 23.2 Å². The molecule has 0 unspecified atom stereocenters. The largest absolute Gasteiger partial charge is 0.356 e. The molecule has 1 aromatic carbocycles. The summed E-state index contributed by atoms with van der Waals surface area (Å²) in [6.07, 6.45) is 3.26. The third-order valence-electron chi connectivity index (χ3n) is 3.35. The predicted octanol–water partition coefficient (Wildman–Crippen LogP) is 3.78. The maximum absolute atomic E-state index is 12.0. The monoisotopic (exact) mass is 551 g/mol. The fourth-order valence-corrected chi connectivity index (χ4v) is 3.09. The van der Waals surface area contributed by atoms with Gasteiger partial charge < -0.3 is 16.0 Å². The molecule has 9 heteroatoms. The average molecular weight is 552 g/mol. The molecule has 0 bridgehead atoms. The van der Waals surface area contributed by atoms with E-state index in [0.717, 1.165) is 21.6 Å². The number of hydrogen-bond acceptors (Lipinski definition) is 4. The van der Waals surface area contributed by atoms with Crippen LogP contribution in [0.2, 0.25) is 0 Å². The van der Waals surface area contributed by atoms with E-state index in [4.69, 9.17) is 0 Å². The summed E-state index contributed by atoms with van der Waals surface area (Å²) in [7, 11) is 1.70.